The molecule has 0 fully saturated rings. The zero-order chi connectivity index (χ0) is 27.3. The normalized spacial score (nSPS) is 15.6. The van der Waals surface area contributed by atoms with Gasteiger partial charge in [0.1, 0.15) is 5.71 Å². The van der Waals surface area contributed by atoms with E-state index in [1.807, 2.05) is 12.1 Å². The molecular formula is C31H48N2O4. The van der Waals surface area contributed by atoms with E-state index in [0.29, 0.717) is 18.7 Å². The van der Waals surface area contributed by atoms with Crippen molar-refractivity contribution in [2.45, 2.75) is 130 Å². The van der Waals surface area contributed by atoms with Gasteiger partial charge in [0.2, 0.25) is 5.71 Å². The number of hydrogen-bond acceptors (Lipinski definition) is 6. The average Bonchev–Trinajstić information content (AvgIpc) is 2.87. The van der Waals surface area contributed by atoms with E-state index < -0.39 is 12.1 Å². The Morgan fingerprint density at radius 3 is 2.19 bits per heavy atom. The largest absolute Gasteiger partial charge is 0.450 e. The van der Waals surface area contributed by atoms with Gasteiger partial charge in [0.15, 0.2) is 11.9 Å². The number of Topliss-reactive ketones (excluding diaryl/α,β-unsaturated/α-hetero) is 1. The second-order valence-electron chi connectivity index (χ2n) is 10.7. The molecule has 0 bridgehead atoms. The van der Waals surface area contributed by atoms with Crippen LogP contribution >= 0.6 is 0 Å². The minimum atomic E-state index is -0.843. The molecule has 37 heavy (non-hydrogen) atoms. The number of aliphatic imine (C=N–C) groups is 1. The van der Waals surface area contributed by atoms with Gasteiger partial charge in [0.25, 0.3) is 0 Å². The number of benzene rings is 1. The molecule has 0 amide bonds. The Kier molecular flexibility index (Phi) is 13.0. The lowest BCUT2D eigenvalue weighted by molar-refractivity contribution is -0.148. The lowest BCUT2D eigenvalue weighted by Crippen LogP contribution is -2.41. The van der Waals surface area contributed by atoms with Crippen molar-refractivity contribution in [2.24, 2.45) is 10.1 Å². The fourth-order valence-corrected chi connectivity index (χ4v) is 5.83. The van der Waals surface area contributed by atoms with Crippen LogP contribution in [0.15, 0.2) is 28.3 Å². The van der Waals surface area contributed by atoms with E-state index in [4.69, 9.17) is 9.73 Å². The Bertz CT molecular complexity index is 945. The van der Waals surface area contributed by atoms with Crippen molar-refractivity contribution in [3.05, 3.63) is 34.9 Å². The second-order valence-corrected chi connectivity index (χ2v) is 10.7. The summed E-state index contributed by atoms with van der Waals surface area (Å²) in [5, 5.41) is 13.2. The number of unbranched alkanes of at least 4 members (excludes halogenated alkanes) is 7. The summed E-state index contributed by atoms with van der Waals surface area (Å²) in [5.74, 6) is -0.993. The molecule has 0 radical (unpaired) electrons. The number of esters is 1. The highest BCUT2D eigenvalue weighted by Crippen LogP contribution is 2.41. The number of fused-ring (bicyclic) bond motifs is 1. The lowest BCUT2D eigenvalue weighted by Gasteiger charge is -2.39. The smallest absolute Gasteiger partial charge is 0.363 e. The highest BCUT2D eigenvalue weighted by molar-refractivity contribution is 6.69. The fraction of sp³-hybridized carbons (Fsp3) is 0.677. The van der Waals surface area contributed by atoms with E-state index in [1.54, 1.807) is 0 Å². The number of oxime groups is 1. The number of rotatable bonds is 17. The Morgan fingerprint density at radius 2 is 1.62 bits per heavy atom. The topological polar surface area (TPSA) is 88.3 Å². The van der Waals surface area contributed by atoms with Crippen LogP contribution in [0.5, 0.6) is 0 Å². The van der Waals surface area contributed by atoms with Gasteiger partial charge in [-0.05, 0) is 50.7 Å². The molecule has 1 aromatic rings. The molecule has 1 unspecified atom stereocenters. The Labute approximate surface area is 224 Å². The highest BCUT2D eigenvalue weighted by Gasteiger charge is 2.40. The van der Waals surface area contributed by atoms with Gasteiger partial charge in [-0.15, -0.1) is 0 Å². The summed E-state index contributed by atoms with van der Waals surface area (Å²) in [6, 6.07) is 5.98. The predicted octanol–water partition coefficient (Wildman–Crippen LogP) is 7.50. The number of carbonyl (C=O) groups is 2. The van der Waals surface area contributed by atoms with Gasteiger partial charge in [0, 0.05) is 17.5 Å². The zero-order valence-corrected chi connectivity index (χ0v) is 23.8. The minimum absolute atomic E-state index is 0.101. The van der Waals surface area contributed by atoms with Crippen molar-refractivity contribution in [3.8, 4) is 0 Å². The molecule has 0 aromatic heterocycles. The van der Waals surface area contributed by atoms with Crippen LogP contribution in [0.4, 0.5) is 0 Å². The van der Waals surface area contributed by atoms with Gasteiger partial charge in [-0.1, -0.05) is 102 Å². The monoisotopic (exact) mass is 512 g/mol. The van der Waals surface area contributed by atoms with E-state index in [0.717, 1.165) is 56.1 Å². The predicted molar refractivity (Wildman–Crippen MR) is 151 cm³/mol. The molecule has 0 aliphatic carbocycles. The van der Waals surface area contributed by atoms with Gasteiger partial charge in [-0.2, -0.15) is 0 Å². The molecule has 206 valence electrons. The van der Waals surface area contributed by atoms with Crippen molar-refractivity contribution in [3.63, 3.8) is 0 Å². The number of carbonyl (C=O) groups excluding carboxylic acids is 2. The number of aryl methyl sites for hydroxylation is 1. The van der Waals surface area contributed by atoms with Crippen LogP contribution in [-0.2, 0) is 19.7 Å². The molecule has 2 rings (SSSR count). The first-order valence-electron chi connectivity index (χ1n) is 14.4. The Morgan fingerprint density at radius 1 is 1.00 bits per heavy atom. The number of ether oxygens (including phenoxy) is 1. The van der Waals surface area contributed by atoms with Gasteiger partial charge >= 0.3 is 5.97 Å². The van der Waals surface area contributed by atoms with E-state index in [1.165, 1.54) is 44.6 Å². The molecule has 1 aliphatic rings. The molecule has 0 spiro atoms. The van der Waals surface area contributed by atoms with Crippen molar-refractivity contribution >= 4 is 23.2 Å². The third-order valence-electron chi connectivity index (χ3n) is 7.60. The molecule has 0 saturated heterocycles. The van der Waals surface area contributed by atoms with Crippen LogP contribution in [0.3, 0.4) is 0 Å². The quantitative estimate of drug-likeness (QED) is 0.0769. The Hall–Kier alpha value is -2.50. The van der Waals surface area contributed by atoms with Crippen LogP contribution in [0.25, 0.3) is 0 Å². The maximum absolute atomic E-state index is 13.2. The molecule has 1 N–H and O–H groups in total. The zero-order valence-electron chi connectivity index (χ0n) is 23.8. The lowest BCUT2D eigenvalue weighted by atomic mass is 9.68. The SMILES string of the molecule is CCCCCCCCCCC(OC(=O)/C(=N/O)C1=NCC(CCC)(CCC)c2c(C)cccc21)C(C)=O. The van der Waals surface area contributed by atoms with Crippen LogP contribution in [-0.4, -0.2) is 41.0 Å². The maximum Gasteiger partial charge on any atom is 0.363 e. The summed E-state index contributed by atoms with van der Waals surface area (Å²) in [6.07, 6.45) is 12.9. The van der Waals surface area contributed by atoms with E-state index in [2.05, 4.69) is 38.9 Å². The van der Waals surface area contributed by atoms with Gasteiger partial charge in [-0.25, -0.2) is 4.79 Å². The van der Waals surface area contributed by atoms with Crippen molar-refractivity contribution in [1.82, 2.24) is 0 Å². The summed E-state index contributed by atoms with van der Waals surface area (Å²) < 4.78 is 5.61. The molecule has 1 heterocycles. The molecule has 1 aliphatic heterocycles. The van der Waals surface area contributed by atoms with Crippen molar-refractivity contribution in [2.75, 3.05) is 6.54 Å². The molecule has 1 aromatic carbocycles. The highest BCUT2D eigenvalue weighted by atomic mass is 16.6. The molecule has 6 nitrogen and oxygen atoms in total. The maximum atomic E-state index is 13.2. The molecule has 1 atom stereocenters. The molecule has 6 heteroatoms. The first-order chi connectivity index (χ1) is 17.8. The van der Waals surface area contributed by atoms with Crippen molar-refractivity contribution < 1.29 is 19.5 Å². The summed E-state index contributed by atoms with van der Waals surface area (Å²) in [4.78, 5) is 30.3. The average molecular weight is 513 g/mol. The third kappa shape index (κ3) is 8.24. The van der Waals surface area contributed by atoms with E-state index >= 15 is 0 Å². The second kappa shape index (κ2) is 15.7. The summed E-state index contributed by atoms with van der Waals surface area (Å²) in [7, 11) is 0. The first-order valence-corrected chi connectivity index (χ1v) is 14.4. The fourth-order valence-electron chi connectivity index (χ4n) is 5.83. The third-order valence-corrected chi connectivity index (χ3v) is 7.60. The molecular weight excluding hydrogens is 464 g/mol. The van der Waals surface area contributed by atoms with Crippen LogP contribution in [0, 0.1) is 6.92 Å². The van der Waals surface area contributed by atoms with Gasteiger partial charge < -0.3 is 9.94 Å². The summed E-state index contributed by atoms with van der Waals surface area (Å²) >= 11 is 0. The van der Waals surface area contributed by atoms with E-state index in [9.17, 15) is 14.8 Å². The number of hydrogen-bond donors (Lipinski definition) is 1. The minimum Gasteiger partial charge on any atom is -0.450 e. The summed E-state index contributed by atoms with van der Waals surface area (Å²) in [5.41, 5.74) is 3.17. The van der Waals surface area contributed by atoms with Crippen LogP contribution in [0.1, 0.15) is 128 Å². The standard InChI is InChI=1S/C31H48N2O4/c1-6-9-10-11-12-13-14-15-19-26(24(5)34)37-30(35)29(33-36)28-25-18-16-17-23(4)27(25)31(20-7-2,21-8-3)22-32-28/h16-18,26,36H,6-15,19-22H2,1-5H3/b33-29+. The number of ketones is 1. The van der Waals surface area contributed by atoms with Gasteiger partial charge in [-0.3, -0.25) is 9.79 Å². The first kappa shape index (κ1) is 30.7. The van der Waals surface area contributed by atoms with Gasteiger partial charge in [0.05, 0.1) is 0 Å². The molecule has 0 saturated carbocycles. The number of nitrogens with zero attached hydrogens (tertiary/aromatic N) is 2. The van der Waals surface area contributed by atoms with E-state index in [-0.39, 0.29) is 16.9 Å². The van der Waals surface area contributed by atoms with Crippen LogP contribution < -0.4 is 0 Å². The van der Waals surface area contributed by atoms with Crippen molar-refractivity contribution in [1.29, 1.82) is 0 Å². The summed E-state index contributed by atoms with van der Waals surface area (Å²) in [6.45, 7) is 10.6. The Balaban J connectivity index is 2.15. The van der Waals surface area contributed by atoms with Crippen LogP contribution in [0.2, 0.25) is 0 Å².